The van der Waals surface area contributed by atoms with Gasteiger partial charge in [-0.2, -0.15) is 0 Å². The van der Waals surface area contributed by atoms with Gasteiger partial charge in [0, 0.05) is 0 Å². The van der Waals surface area contributed by atoms with Gasteiger partial charge in [-0.3, -0.25) is 9.59 Å². The number of aliphatic carboxylic acids is 2. The molecule has 0 spiro atoms. The minimum atomic E-state index is -1.28. The molecule has 23 heavy (non-hydrogen) atoms. The fourth-order valence-electron chi connectivity index (χ4n) is 2.73. The molecule has 0 saturated heterocycles. The van der Waals surface area contributed by atoms with Crippen LogP contribution in [0, 0.1) is 5.92 Å². The summed E-state index contributed by atoms with van der Waals surface area (Å²) in [6, 6.07) is 5.89. The van der Waals surface area contributed by atoms with Gasteiger partial charge in [0.2, 0.25) is 6.79 Å². The number of fused-ring (bicyclic) bond motifs is 1. The largest absolute Gasteiger partial charge is 0.481 e. The molecule has 0 amide bonds. The van der Waals surface area contributed by atoms with E-state index in [9.17, 15) is 9.59 Å². The van der Waals surface area contributed by atoms with E-state index in [1.165, 1.54) is 0 Å². The van der Waals surface area contributed by atoms with E-state index in [-0.39, 0.29) is 13.2 Å². The van der Waals surface area contributed by atoms with Gasteiger partial charge >= 0.3 is 11.9 Å². The molecule has 1 aromatic carbocycles. The monoisotopic (exact) mass is 322 g/mol. The van der Waals surface area contributed by atoms with Crippen molar-refractivity contribution in [2.45, 2.75) is 44.9 Å². The molecular weight excluding hydrogens is 300 g/mol. The van der Waals surface area contributed by atoms with E-state index in [1.807, 2.05) is 18.2 Å². The normalized spacial score (nSPS) is 12.6. The molecule has 0 aliphatic carbocycles. The van der Waals surface area contributed by atoms with Gasteiger partial charge in [0.05, 0.1) is 0 Å². The number of carboxylic acid groups (broad SMARTS) is 2. The summed E-state index contributed by atoms with van der Waals surface area (Å²) in [5, 5.41) is 17.6. The molecule has 0 atom stereocenters. The summed E-state index contributed by atoms with van der Waals surface area (Å²) < 4.78 is 10.8. The summed E-state index contributed by atoms with van der Waals surface area (Å²) in [4.78, 5) is 21.5. The van der Waals surface area contributed by atoms with Crippen LogP contribution in [0.4, 0.5) is 0 Å². The van der Waals surface area contributed by atoms with Gasteiger partial charge in [-0.05, 0) is 30.9 Å². The number of para-hydroxylation sites is 1. The van der Waals surface area contributed by atoms with Gasteiger partial charge in [-0.25, -0.2) is 0 Å². The van der Waals surface area contributed by atoms with Crippen LogP contribution >= 0.6 is 0 Å². The summed E-state index contributed by atoms with van der Waals surface area (Å²) in [5.41, 5.74) is 1.15. The summed E-state index contributed by atoms with van der Waals surface area (Å²) in [6.45, 7) is 0.278. The van der Waals surface area contributed by atoms with Crippen molar-refractivity contribution in [1.82, 2.24) is 0 Å². The Balaban J connectivity index is 1.61. The predicted octanol–water partition coefficient (Wildman–Crippen LogP) is 3.08. The van der Waals surface area contributed by atoms with Gasteiger partial charge in [0.1, 0.15) is 0 Å². The lowest BCUT2D eigenvalue weighted by molar-refractivity contribution is -0.154. The second-order valence-corrected chi connectivity index (χ2v) is 5.69. The maximum Gasteiger partial charge on any atom is 0.317 e. The van der Waals surface area contributed by atoms with Crippen LogP contribution in [-0.4, -0.2) is 28.9 Å². The Morgan fingerprint density at radius 2 is 1.70 bits per heavy atom. The number of carboxylic acids is 2. The first-order chi connectivity index (χ1) is 11.1. The van der Waals surface area contributed by atoms with Crippen LogP contribution in [0.3, 0.4) is 0 Å². The number of hydrogen-bond donors (Lipinski definition) is 2. The molecule has 0 unspecified atom stereocenters. The van der Waals surface area contributed by atoms with Crippen LogP contribution in [-0.2, 0) is 16.0 Å². The number of hydrogen-bond acceptors (Lipinski definition) is 4. The van der Waals surface area contributed by atoms with Crippen molar-refractivity contribution in [3.8, 4) is 11.5 Å². The Morgan fingerprint density at radius 1 is 1.00 bits per heavy atom. The van der Waals surface area contributed by atoms with Crippen molar-refractivity contribution in [3.63, 3.8) is 0 Å². The molecule has 0 bridgehead atoms. The van der Waals surface area contributed by atoms with Crippen LogP contribution in [0.5, 0.6) is 11.5 Å². The van der Waals surface area contributed by atoms with Crippen LogP contribution in [0.2, 0.25) is 0 Å². The molecule has 1 aromatic rings. The molecule has 2 rings (SSSR count). The smallest absolute Gasteiger partial charge is 0.317 e. The summed E-state index contributed by atoms with van der Waals surface area (Å²) >= 11 is 0. The zero-order chi connectivity index (χ0) is 16.7. The first-order valence-electron chi connectivity index (χ1n) is 7.92. The topological polar surface area (TPSA) is 93.1 Å². The molecule has 0 fully saturated rings. The highest BCUT2D eigenvalue weighted by atomic mass is 16.7. The molecule has 1 heterocycles. The van der Waals surface area contributed by atoms with E-state index in [0.717, 1.165) is 49.2 Å². The Morgan fingerprint density at radius 3 is 2.43 bits per heavy atom. The summed E-state index contributed by atoms with van der Waals surface area (Å²) in [7, 11) is 0. The lowest BCUT2D eigenvalue weighted by Crippen LogP contribution is -2.23. The van der Waals surface area contributed by atoms with E-state index in [2.05, 4.69) is 0 Å². The molecule has 126 valence electrons. The molecular formula is C17H22O6. The van der Waals surface area contributed by atoms with Gasteiger partial charge in [-0.15, -0.1) is 0 Å². The summed E-state index contributed by atoms with van der Waals surface area (Å²) in [6.07, 6.45) is 5.60. The number of unbranched alkanes of at least 4 members (excludes halogenated alkanes) is 4. The fraction of sp³-hybridized carbons (Fsp3) is 0.529. The van der Waals surface area contributed by atoms with Crippen molar-refractivity contribution < 1.29 is 29.3 Å². The van der Waals surface area contributed by atoms with Crippen LogP contribution in [0.1, 0.15) is 44.1 Å². The standard InChI is InChI=1S/C17H22O6/c18-16(19)13(17(20)21)9-5-3-1-2-4-7-12-8-6-10-14-15(12)23-11-22-14/h6,8,10,13H,1-5,7,9,11H2,(H,18,19)(H,20,21). The van der Waals surface area contributed by atoms with E-state index in [4.69, 9.17) is 19.7 Å². The number of aryl methyl sites for hydroxylation is 1. The zero-order valence-corrected chi connectivity index (χ0v) is 13.0. The van der Waals surface area contributed by atoms with E-state index >= 15 is 0 Å². The lowest BCUT2D eigenvalue weighted by Gasteiger charge is -2.07. The average molecular weight is 322 g/mol. The SMILES string of the molecule is O=C(O)C(CCCCCCCc1cccc2c1OCO2)C(=O)O. The van der Waals surface area contributed by atoms with Gasteiger partial charge in [0.25, 0.3) is 0 Å². The number of benzene rings is 1. The fourth-order valence-corrected chi connectivity index (χ4v) is 2.73. The highest BCUT2D eigenvalue weighted by Gasteiger charge is 2.24. The van der Waals surface area contributed by atoms with Crippen molar-refractivity contribution >= 4 is 11.9 Å². The maximum atomic E-state index is 10.8. The molecule has 0 saturated carbocycles. The van der Waals surface area contributed by atoms with E-state index in [1.54, 1.807) is 0 Å². The highest BCUT2D eigenvalue weighted by molar-refractivity contribution is 5.92. The van der Waals surface area contributed by atoms with Crippen molar-refractivity contribution in [2.75, 3.05) is 6.79 Å². The molecule has 6 heteroatoms. The van der Waals surface area contributed by atoms with E-state index in [0.29, 0.717) is 6.42 Å². The molecule has 2 N–H and O–H groups in total. The second-order valence-electron chi connectivity index (χ2n) is 5.69. The molecule has 1 aliphatic rings. The molecule has 0 radical (unpaired) electrons. The number of ether oxygens (including phenoxy) is 2. The van der Waals surface area contributed by atoms with Crippen LogP contribution in [0.15, 0.2) is 18.2 Å². The van der Waals surface area contributed by atoms with Crippen molar-refractivity contribution in [2.24, 2.45) is 5.92 Å². The summed E-state index contributed by atoms with van der Waals surface area (Å²) in [5.74, 6) is -2.14. The zero-order valence-electron chi connectivity index (χ0n) is 13.0. The Bertz CT molecular complexity index is 540. The predicted molar refractivity (Wildman–Crippen MR) is 82.7 cm³/mol. The molecule has 0 aromatic heterocycles. The quantitative estimate of drug-likeness (QED) is 0.508. The molecule has 1 aliphatic heterocycles. The highest BCUT2D eigenvalue weighted by Crippen LogP contribution is 2.36. The maximum absolute atomic E-state index is 10.8. The van der Waals surface area contributed by atoms with Crippen LogP contribution in [0.25, 0.3) is 0 Å². The van der Waals surface area contributed by atoms with Gasteiger partial charge in [-0.1, -0.05) is 37.8 Å². The first kappa shape index (κ1) is 17.1. The lowest BCUT2D eigenvalue weighted by atomic mass is 9.99. The number of carbonyl (C=O) groups is 2. The van der Waals surface area contributed by atoms with Crippen molar-refractivity contribution in [1.29, 1.82) is 0 Å². The third-order valence-electron chi connectivity index (χ3n) is 4.01. The van der Waals surface area contributed by atoms with Gasteiger partial charge in [0.15, 0.2) is 17.4 Å². The molecule has 6 nitrogen and oxygen atoms in total. The minimum Gasteiger partial charge on any atom is -0.481 e. The minimum absolute atomic E-state index is 0.196. The second kappa shape index (κ2) is 8.41. The Labute approximate surface area is 135 Å². The number of rotatable bonds is 10. The van der Waals surface area contributed by atoms with E-state index < -0.39 is 17.9 Å². The van der Waals surface area contributed by atoms with Gasteiger partial charge < -0.3 is 19.7 Å². The third kappa shape index (κ3) is 4.87. The Hall–Kier alpha value is -2.24. The van der Waals surface area contributed by atoms with Crippen LogP contribution < -0.4 is 9.47 Å². The third-order valence-corrected chi connectivity index (χ3v) is 4.01. The Kier molecular flexibility index (Phi) is 6.26. The van der Waals surface area contributed by atoms with Crippen molar-refractivity contribution in [3.05, 3.63) is 23.8 Å². The first-order valence-corrected chi connectivity index (χ1v) is 7.92. The average Bonchev–Trinajstić information content (AvgIpc) is 2.98.